The lowest BCUT2D eigenvalue weighted by atomic mass is 10.0. The van der Waals surface area contributed by atoms with Crippen molar-refractivity contribution in [1.82, 2.24) is 5.32 Å². The van der Waals surface area contributed by atoms with E-state index in [1.165, 1.54) is 5.56 Å². The van der Waals surface area contributed by atoms with Gasteiger partial charge in [0.15, 0.2) is 0 Å². The lowest BCUT2D eigenvalue weighted by Crippen LogP contribution is -2.21. The molecule has 2 N–H and O–H groups in total. The minimum atomic E-state index is -0.794. The summed E-state index contributed by atoms with van der Waals surface area (Å²) in [6.07, 6.45) is 0.944. The summed E-state index contributed by atoms with van der Waals surface area (Å²) < 4.78 is 0. The summed E-state index contributed by atoms with van der Waals surface area (Å²) in [5.41, 5.74) is 3.23. The van der Waals surface area contributed by atoms with Crippen molar-refractivity contribution in [3.63, 3.8) is 0 Å². The van der Waals surface area contributed by atoms with Gasteiger partial charge in [-0.2, -0.15) is 0 Å². The van der Waals surface area contributed by atoms with Crippen LogP contribution in [0.1, 0.15) is 29.7 Å². The molecule has 3 nitrogen and oxygen atoms in total. The van der Waals surface area contributed by atoms with Gasteiger partial charge in [0, 0.05) is 6.54 Å². The van der Waals surface area contributed by atoms with Gasteiger partial charge < -0.3 is 5.11 Å². The second-order valence-electron chi connectivity index (χ2n) is 3.54. The number of benzene rings is 1. The third kappa shape index (κ3) is 1.40. The lowest BCUT2D eigenvalue weighted by molar-refractivity contribution is -0.139. The van der Waals surface area contributed by atoms with Crippen molar-refractivity contribution in [3.05, 3.63) is 34.9 Å². The van der Waals surface area contributed by atoms with Crippen LogP contribution in [0.15, 0.2) is 18.2 Å². The molecule has 14 heavy (non-hydrogen) atoms. The molecule has 0 amide bonds. The van der Waals surface area contributed by atoms with Gasteiger partial charge in [-0.15, -0.1) is 0 Å². The molecule has 0 radical (unpaired) electrons. The fourth-order valence-corrected chi connectivity index (χ4v) is 1.84. The lowest BCUT2D eigenvalue weighted by Gasteiger charge is -2.07. The minimum absolute atomic E-state index is 0.517. The third-order valence-electron chi connectivity index (χ3n) is 2.67. The molecule has 1 aromatic rings. The number of aliphatic carboxylic acids is 1. The number of fused-ring (bicyclic) bond motifs is 1. The molecule has 0 aliphatic carbocycles. The van der Waals surface area contributed by atoms with E-state index in [4.69, 9.17) is 5.11 Å². The maximum Gasteiger partial charge on any atom is 0.325 e. The van der Waals surface area contributed by atoms with Crippen molar-refractivity contribution in [2.45, 2.75) is 25.9 Å². The summed E-state index contributed by atoms with van der Waals surface area (Å²) in [7, 11) is 0. The van der Waals surface area contributed by atoms with Gasteiger partial charge in [0.2, 0.25) is 0 Å². The molecule has 1 aliphatic heterocycles. The number of aryl methyl sites for hydroxylation is 1. The van der Waals surface area contributed by atoms with E-state index in [9.17, 15) is 4.79 Å². The molecule has 1 aliphatic rings. The summed E-state index contributed by atoms with van der Waals surface area (Å²) in [6.45, 7) is 2.73. The first kappa shape index (κ1) is 9.21. The Morgan fingerprint density at radius 1 is 1.64 bits per heavy atom. The zero-order valence-electron chi connectivity index (χ0n) is 8.08. The monoisotopic (exact) mass is 191 g/mol. The van der Waals surface area contributed by atoms with Crippen LogP contribution < -0.4 is 5.32 Å². The van der Waals surface area contributed by atoms with Gasteiger partial charge in [-0.25, -0.2) is 0 Å². The van der Waals surface area contributed by atoms with Gasteiger partial charge >= 0.3 is 5.97 Å². The summed E-state index contributed by atoms with van der Waals surface area (Å²) in [5, 5.41) is 11.9. The Kier molecular flexibility index (Phi) is 2.25. The van der Waals surface area contributed by atoms with Gasteiger partial charge in [0.25, 0.3) is 0 Å². The largest absolute Gasteiger partial charge is 0.480 e. The number of rotatable bonds is 2. The molecule has 0 unspecified atom stereocenters. The Morgan fingerprint density at radius 3 is 3.07 bits per heavy atom. The summed E-state index contributed by atoms with van der Waals surface area (Å²) in [6, 6.07) is 5.56. The van der Waals surface area contributed by atoms with E-state index < -0.39 is 12.0 Å². The van der Waals surface area contributed by atoms with Gasteiger partial charge in [0.1, 0.15) is 6.04 Å². The summed E-state index contributed by atoms with van der Waals surface area (Å²) >= 11 is 0. The zero-order valence-corrected chi connectivity index (χ0v) is 8.08. The Hall–Kier alpha value is -1.35. The number of nitrogens with one attached hydrogen (secondary N) is 1. The smallest absolute Gasteiger partial charge is 0.325 e. The van der Waals surface area contributed by atoms with Crippen LogP contribution in [0.25, 0.3) is 0 Å². The molecule has 3 heteroatoms. The van der Waals surface area contributed by atoms with Gasteiger partial charge in [-0.3, -0.25) is 10.1 Å². The fourth-order valence-electron chi connectivity index (χ4n) is 1.84. The van der Waals surface area contributed by atoms with Crippen molar-refractivity contribution >= 4 is 5.97 Å². The predicted octanol–water partition coefficient (Wildman–Crippen LogP) is 1.48. The van der Waals surface area contributed by atoms with Crippen molar-refractivity contribution in [2.75, 3.05) is 0 Å². The molecule has 0 aromatic heterocycles. The van der Waals surface area contributed by atoms with E-state index in [2.05, 4.69) is 18.3 Å². The number of carboxylic acid groups (broad SMARTS) is 1. The highest BCUT2D eigenvalue weighted by atomic mass is 16.4. The normalized spacial score (nSPS) is 19.4. The fraction of sp³-hybridized carbons (Fsp3) is 0.364. The quantitative estimate of drug-likeness (QED) is 0.744. The molecule has 1 aromatic carbocycles. The second-order valence-corrected chi connectivity index (χ2v) is 3.54. The molecule has 0 fully saturated rings. The van der Waals surface area contributed by atoms with Crippen molar-refractivity contribution in [1.29, 1.82) is 0 Å². The molecule has 1 heterocycles. The number of hydrogen-bond acceptors (Lipinski definition) is 2. The third-order valence-corrected chi connectivity index (χ3v) is 2.67. The Bertz CT molecular complexity index is 374. The number of hydrogen-bond donors (Lipinski definition) is 2. The summed E-state index contributed by atoms with van der Waals surface area (Å²) in [4.78, 5) is 10.9. The molecule has 1 atom stereocenters. The first-order valence-corrected chi connectivity index (χ1v) is 4.80. The minimum Gasteiger partial charge on any atom is -0.480 e. The molecular formula is C11H13NO2. The molecule has 0 saturated carbocycles. The standard InChI is InChI=1S/C11H13NO2/c1-2-7-3-4-8-6-12-10(11(13)14)9(8)5-7/h3-5,10,12H,2,6H2,1H3,(H,13,14)/t10-/m0/s1. The highest BCUT2D eigenvalue weighted by molar-refractivity contribution is 5.77. The first-order valence-electron chi connectivity index (χ1n) is 4.80. The van der Waals surface area contributed by atoms with Crippen LogP contribution in [0.3, 0.4) is 0 Å². The average molecular weight is 191 g/mol. The van der Waals surface area contributed by atoms with E-state index >= 15 is 0 Å². The average Bonchev–Trinajstić information content (AvgIpc) is 2.59. The number of carboxylic acids is 1. The van der Waals surface area contributed by atoms with Crippen LogP contribution in [0.2, 0.25) is 0 Å². The number of carbonyl (C=O) groups is 1. The molecule has 0 saturated heterocycles. The molecule has 74 valence electrons. The molecule has 2 rings (SSSR count). The van der Waals surface area contributed by atoms with Gasteiger partial charge in [-0.1, -0.05) is 25.1 Å². The molecule has 0 spiro atoms. The second kappa shape index (κ2) is 3.42. The predicted molar refractivity (Wildman–Crippen MR) is 53.0 cm³/mol. The maximum atomic E-state index is 10.9. The van der Waals surface area contributed by atoms with E-state index in [0.717, 1.165) is 17.5 Å². The molecule has 0 bridgehead atoms. The van der Waals surface area contributed by atoms with E-state index in [-0.39, 0.29) is 0 Å². The first-order chi connectivity index (χ1) is 6.72. The highest BCUT2D eigenvalue weighted by Gasteiger charge is 2.27. The van der Waals surface area contributed by atoms with Gasteiger partial charge in [0.05, 0.1) is 0 Å². The van der Waals surface area contributed by atoms with Crippen LogP contribution in [-0.4, -0.2) is 11.1 Å². The Balaban J connectivity index is 2.41. The van der Waals surface area contributed by atoms with Crippen LogP contribution in [-0.2, 0) is 17.8 Å². The van der Waals surface area contributed by atoms with Crippen LogP contribution in [0.4, 0.5) is 0 Å². The summed E-state index contributed by atoms with van der Waals surface area (Å²) in [5.74, 6) is -0.794. The van der Waals surface area contributed by atoms with Crippen LogP contribution >= 0.6 is 0 Å². The van der Waals surface area contributed by atoms with Crippen LogP contribution in [0.5, 0.6) is 0 Å². The van der Waals surface area contributed by atoms with Gasteiger partial charge in [-0.05, 0) is 23.1 Å². The van der Waals surface area contributed by atoms with E-state index in [1.54, 1.807) is 0 Å². The zero-order chi connectivity index (χ0) is 10.1. The van der Waals surface area contributed by atoms with E-state index in [0.29, 0.717) is 6.54 Å². The van der Waals surface area contributed by atoms with Crippen molar-refractivity contribution in [2.24, 2.45) is 0 Å². The van der Waals surface area contributed by atoms with Crippen molar-refractivity contribution in [3.8, 4) is 0 Å². The van der Waals surface area contributed by atoms with Crippen LogP contribution in [0, 0.1) is 0 Å². The molecular weight excluding hydrogens is 178 g/mol. The topological polar surface area (TPSA) is 49.3 Å². The Morgan fingerprint density at radius 2 is 2.43 bits per heavy atom. The van der Waals surface area contributed by atoms with Crippen molar-refractivity contribution < 1.29 is 9.90 Å². The maximum absolute atomic E-state index is 10.9. The Labute approximate surface area is 82.8 Å². The van der Waals surface area contributed by atoms with E-state index in [1.807, 2.05) is 12.1 Å². The highest BCUT2D eigenvalue weighted by Crippen LogP contribution is 2.26. The SMILES string of the molecule is CCc1ccc2c(c1)[C@@H](C(=O)O)NC2.